The van der Waals surface area contributed by atoms with Crippen molar-refractivity contribution in [2.45, 2.75) is 24.7 Å². The van der Waals surface area contributed by atoms with Gasteiger partial charge in [0, 0.05) is 34.2 Å². The first-order valence-corrected chi connectivity index (χ1v) is 13.2. The lowest BCUT2D eigenvalue weighted by atomic mass is 9.69. The maximum atomic E-state index is 13.4. The van der Waals surface area contributed by atoms with Crippen molar-refractivity contribution in [1.82, 2.24) is 9.97 Å². The number of anilines is 1. The van der Waals surface area contributed by atoms with E-state index in [1.165, 1.54) is 11.3 Å². The lowest BCUT2D eigenvalue weighted by Gasteiger charge is -2.37. The highest BCUT2D eigenvalue weighted by molar-refractivity contribution is 7.90. The molecule has 1 N–H and O–H groups in total. The first-order valence-electron chi connectivity index (χ1n) is 10.8. The second-order valence-electron chi connectivity index (χ2n) is 8.66. The van der Waals surface area contributed by atoms with Gasteiger partial charge in [-0.15, -0.1) is 11.3 Å². The number of pyridine rings is 1. The van der Waals surface area contributed by atoms with E-state index in [2.05, 4.69) is 10.3 Å². The van der Waals surface area contributed by atoms with Gasteiger partial charge in [-0.1, -0.05) is 38.1 Å². The monoisotopic (exact) mass is 489 g/mol. The lowest BCUT2D eigenvalue weighted by Crippen LogP contribution is -2.38. The van der Waals surface area contributed by atoms with E-state index in [0.717, 1.165) is 27.3 Å². The summed E-state index contributed by atoms with van der Waals surface area (Å²) in [6, 6.07) is 19.2. The molecule has 6 nitrogen and oxygen atoms in total. The summed E-state index contributed by atoms with van der Waals surface area (Å²) in [4.78, 5) is 23.2. The summed E-state index contributed by atoms with van der Waals surface area (Å²) in [5.74, 6) is 0.789. The van der Waals surface area contributed by atoms with Crippen LogP contribution in [0, 0.1) is 5.41 Å². The molecule has 4 aromatic rings. The van der Waals surface area contributed by atoms with Crippen molar-refractivity contribution in [2.75, 3.05) is 11.6 Å². The van der Waals surface area contributed by atoms with Gasteiger partial charge in [0.2, 0.25) is 11.8 Å². The number of hydrogen-bond acceptors (Lipinski definition) is 6. The van der Waals surface area contributed by atoms with Gasteiger partial charge in [-0.2, -0.15) is 0 Å². The van der Waals surface area contributed by atoms with Crippen molar-refractivity contribution in [3.8, 4) is 22.9 Å². The molecule has 0 spiro atoms. The molecular formula is C26H23N3O3S2. The summed E-state index contributed by atoms with van der Waals surface area (Å²) in [6.07, 6.45) is 3.33. The third kappa shape index (κ3) is 4.09. The summed E-state index contributed by atoms with van der Waals surface area (Å²) in [7, 11) is 0. The largest absolute Gasteiger partial charge is 0.612 e. The molecule has 0 saturated heterocycles. The Labute approximate surface area is 205 Å². The molecule has 1 aliphatic heterocycles. The van der Waals surface area contributed by atoms with Gasteiger partial charge in [-0.05, 0) is 47.6 Å². The molecule has 2 atom stereocenters. The molecule has 2 aromatic heterocycles. The van der Waals surface area contributed by atoms with Gasteiger partial charge >= 0.3 is 0 Å². The fraction of sp³-hybridized carbons (Fsp3) is 0.192. The van der Waals surface area contributed by atoms with E-state index in [1.807, 2.05) is 79.9 Å². The number of para-hydroxylation sites is 1. The van der Waals surface area contributed by atoms with E-state index in [-0.39, 0.29) is 11.8 Å². The molecule has 0 aliphatic carbocycles. The summed E-state index contributed by atoms with van der Waals surface area (Å²) in [5, 5.41) is 5.36. The highest BCUT2D eigenvalue weighted by Crippen LogP contribution is 2.52. The smallest absolute Gasteiger partial charge is 0.232 e. The van der Waals surface area contributed by atoms with Crippen molar-refractivity contribution >= 4 is 33.6 Å². The molecule has 172 valence electrons. The number of carbonyl (C=O) groups excluding carboxylic acids is 1. The normalized spacial score (nSPS) is 15.6. The Hall–Kier alpha value is -3.20. The van der Waals surface area contributed by atoms with Crippen LogP contribution in [0.1, 0.15) is 30.9 Å². The topological polar surface area (TPSA) is 87.2 Å². The van der Waals surface area contributed by atoms with Crippen molar-refractivity contribution in [2.24, 2.45) is 5.41 Å². The van der Waals surface area contributed by atoms with Gasteiger partial charge in [0.1, 0.15) is 12.0 Å². The number of nitrogens with one attached hydrogen (secondary N) is 1. The maximum absolute atomic E-state index is 13.4. The predicted octanol–water partition coefficient (Wildman–Crippen LogP) is 5.85. The number of fused-ring (bicyclic) bond motifs is 2. The summed E-state index contributed by atoms with van der Waals surface area (Å²) < 4.78 is 17.9. The minimum atomic E-state index is -1.04. The first kappa shape index (κ1) is 22.6. The first-order chi connectivity index (χ1) is 16.3. The van der Waals surface area contributed by atoms with Crippen LogP contribution in [0.15, 0.2) is 77.1 Å². The number of amides is 1. The van der Waals surface area contributed by atoms with Gasteiger partial charge in [-0.3, -0.25) is 4.79 Å². The van der Waals surface area contributed by atoms with Crippen LogP contribution in [0.3, 0.4) is 0 Å². The third-order valence-electron chi connectivity index (χ3n) is 6.08. The second kappa shape index (κ2) is 8.87. The number of rotatable bonds is 5. The average molecular weight is 490 g/mol. The second-order valence-corrected chi connectivity index (χ2v) is 10.9. The van der Waals surface area contributed by atoms with Crippen molar-refractivity contribution in [1.29, 1.82) is 0 Å². The van der Waals surface area contributed by atoms with Crippen molar-refractivity contribution in [3.05, 3.63) is 83.4 Å². The molecule has 8 heteroatoms. The molecule has 1 aliphatic rings. The average Bonchev–Trinajstić information content (AvgIpc) is 3.35. The molecule has 0 fully saturated rings. The zero-order valence-electron chi connectivity index (χ0n) is 18.9. The van der Waals surface area contributed by atoms with Gasteiger partial charge in [-0.25, -0.2) is 9.97 Å². The molecule has 5 rings (SSSR count). The van der Waals surface area contributed by atoms with E-state index in [0.29, 0.717) is 16.8 Å². The van der Waals surface area contributed by atoms with E-state index in [1.54, 1.807) is 12.5 Å². The molecule has 34 heavy (non-hydrogen) atoms. The molecule has 0 saturated carbocycles. The van der Waals surface area contributed by atoms with Crippen molar-refractivity contribution in [3.63, 3.8) is 0 Å². The number of nitrogens with zero attached hydrogens (tertiary/aromatic N) is 2. The zero-order chi connectivity index (χ0) is 23.9. The standard InChI is InChI=1S/C26H23N3O3S2/c1-26(2,24(30)29-25-27-14-15-33-25)22-18-6-4-5-7-21(18)32-23-19(22)12-13-20(28-23)16-8-10-17(11-9-16)34(3)31/h4-15,22H,1-3H3,(H,27,29,30)/t22-,34?/m0/s1. The van der Waals surface area contributed by atoms with Crippen molar-refractivity contribution < 1.29 is 14.1 Å². The summed E-state index contributed by atoms with van der Waals surface area (Å²) in [5.41, 5.74) is 2.63. The molecule has 2 aromatic carbocycles. The van der Waals surface area contributed by atoms with Crippen LogP contribution in [0.25, 0.3) is 11.3 Å². The van der Waals surface area contributed by atoms with Crippen LogP contribution in [-0.4, -0.2) is 26.7 Å². The number of ether oxygens (including phenoxy) is 1. The highest BCUT2D eigenvalue weighted by Gasteiger charge is 2.44. The fourth-order valence-corrected chi connectivity index (χ4v) is 5.31. The van der Waals surface area contributed by atoms with Crippen LogP contribution >= 0.6 is 11.3 Å². The molecule has 1 amide bonds. The van der Waals surface area contributed by atoms with Gasteiger partial charge in [0.05, 0.1) is 11.1 Å². The Morgan fingerprint density at radius 2 is 1.85 bits per heavy atom. The van der Waals surface area contributed by atoms with Crippen LogP contribution in [0.4, 0.5) is 5.13 Å². The van der Waals surface area contributed by atoms with E-state index < -0.39 is 16.6 Å². The molecule has 0 bridgehead atoms. The highest BCUT2D eigenvalue weighted by atomic mass is 32.2. The molecule has 1 unspecified atom stereocenters. The van der Waals surface area contributed by atoms with Crippen LogP contribution in [0.2, 0.25) is 0 Å². The van der Waals surface area contributed by atoms with Gasteiger partial charge in [0.15, 0.2) is 10.0 Å². The lowest BCUT2D eigenvalue weighted by molar-refractivity contribution is -0.124. The minimum Gasteiger partial charge on any atom is -0.612 e. The fourth-order valence-electron chi connectivity index (χ4n) is 4.27. The maximum Gasteiger partial charge on any atom is 0.232 e. The number of aromatic nitrogens is 2. The zero-order valence-corrected chi connectivity index (χ0v) is 20.6. The number of thiazole rings is 1. The Morgan fingerprint density at radius 1 is 1.09 bits per heavy atom. The van der Waals surface area contributed by atoms with Gasteiger partial charge in [0.25, 0.3) is 0 Å². The predicted molar refractivity (Wildman–Crippen MR) is 135 cm³/mol. The summed E-state index contributed by atoms with van der Waals surface area (Å²) in [6.45, 7) is 3.87. The van der Waals surface area contributed by atoms with Gasteiger partial charge < -0.3 is 14.6 Å². The van der Waals surface area contributed by atoms with Crippen LogP contribution in [-0.2, 0) is 16.0 Å². The van der Waals surface area contributed by atoms with E-state index in [9.17, 15) is 9.35 Å². The molecular weight excluding hydrogens is 466 g/mol. The molecule has 3 heterocycles. The Morgan fingerprint density at radius 3 is 2.56 bits per heavy atom. The van der Waals surface area contributed by atoms with E-state index >= 15 is 0 Å². The minimum absolute atomic E-state index is 0.123. The Bertz CT molecular complexity index is 1340. The number of benzene rings is 2. The quantitative estimate of drug-likeness (QED) is 0.356. The van der Waals surface area contributed by atoms with E-state index in [4.69, 9.17) is 9.72 Å². The third-order valence-corrected chi connectivity index (χ3v) is 7.70. The molecule has 0 radical (unpaired) electrons. The Kier molecular flexibility index (Phi) is 5.89. The number of carbonyl (C=O) groups is 1. The van der Waals surface area contributed by atoms with Crippen LogP contribution in [0.5, 0.6) is 11.6 Å². The SMILES string of the molecule is C[S+]([O-])c1ccc(-c2ccc3c(n2)Oc2ccccc2[C@@H]3C(C)(C)C(=O)Nc2nccs2)cc1. The Balaban J connectivity index is 1.55. The summed E-state index contributed by atoms with van der Waals surface area (Å²) >= 11 is 0.350. The van der Waals surface area contributed by atoms with Crippen LogP contribution < -0.4 is 10.1 Å². The number of hydrogen-bond donors (Lipinski definition) is 1.